The average Bonchev–Trinajstić information content (AvgIpc) is 2.54. The second-order valence-corrected chi connectivity index (χ2v) is 6.56. The van der Waals surface area contributed by atoms with E-state index in [4.69, 9.17) is 5.73 Å². The molecular weight excluding hydrogens is 290 g/mol. The molecule has 1 aliphatic heterocycles. The maximum absolute atomic E-state index is 12.1. The Morgan fingerprint density at radius 1 is 1.22 bits per heavy atom. The minimum absolute atomic E-state index is 0.0791. The van der Waals surface area contributed by atoms with Gasteiger partial charge in [0, 0.05) is 25.6 Å². The third-order valence-corrected chi connectivity index (χ3v) is 4.46. The summed E-state index contributed by atoms with van der Waals surface area (Å²) in [5.41, 5.74) is 7.76. The third-order valence-electron chi connectivity index (χ3n) is 4.46. The first-order valence-corrected chi connectivity index (χ1v) is 8.38. The average molecular weight is 317 g/mol. The second kappa shape index (κ2) is 7.99. The van der Waals surface area contributed by atoms with Crippen LogP contribution in [0.5, 0.6) is 0 Å². The summed E-state index contributed by atoms with van der Waals surface area (Å²) >= 11 is 0. The Morgan fingerprint density at radius 3 is 2.35 bits per heavy atom. The fourth-order valence-electron chi connectivity index (χ4n) is 2.87. The summed E-state index contributed by atoms with van der Waals surface area (Å²) < 4.78 is 0. The minimum atomic E-state index is -0.375. The van der Waals surface area contributed by atoms with E-state index in [2.05, 4.69) is 43.4 Å². The van der Waals surface area contributed by atoms with Gasteiger partial charge in [0.2, 0.25) is 5.91 Å². The van der Waals surface area contributed by atoms with Crippen molar-refractivity contribution in [3.63, 3.8) is 0 Å². The van der Waals surface area contributed by atoms with Crippen molar-refractivity contribution < 1.29 is 9.59 Å². The molecule has 0 saturated carbocycles. The normalized spacial score (nSPS) is 15.7. The molecule has 0 radical (unpaired) electrons. The van der Waals surface area contributed by atoms with Gasteiger partial charge in [-0.1, -0.05) is 38.1 Å². The topological polar surface area (TPSA) is 75.4 Å². The summed E-state index contributed by atoms with van der Waals surface area (Å²) in [6, 6.07) is 8.26. The number of nitrogens with two attached hydrogens (primary N) is 1. The third kappa shape index (κ3) is 5.27. The first kappa shape index (κ1) is 17.3. The lowest BCUT2D eigenvalue weighted by Gasteiger charge is -2.31. The first-order valence-electron chi connectivity index (χ1n) is 8.38. The molecule has 5 heteroatoms. The van der Waals surface area contributed by atoms with E-state index in [-0.39, 0.29) is 18.0 Å². The number of nitrogens with one attached hydrogen (secondary N) is 1. The van der Waals surface area contributed by atoms with Gasteiger partial charge < -0.3 is 16.0 Å². The molecule has 2 rings (SSSR count). The molecule has 0 aromatic heterocycles. The SMILES string of the molecule is CC(C)c1ccc(CCC(=O)NC2CCN(C(N)=O)CC2)cc1. The highest BCUT2D eigenvalue weighted by Crippen LogP contribution is 2.15. The van der Waals surface area contributed by atoms with E-state index in [1.807, 2.05) is 0 Å². The van der Waals surface area contributed by atoms with Crippen molar-refractivity contribution in [1.82, 2.24) is 10.2 Å². The number of nitrogens with zero attached hydrogens (tertiary/aromatic N) is 1. The molecule has 1 aromatic carbocycles. The fourth-order valence-corrected chi connectivity index (χ4v) is 2.87. The van der Waals surface area contributed by atoms with Gasteiger partial charge in [-0.15, -0.1) is 0 Å². The van der Waals surface area contributed by atoms with E-state index < -0.39 is 0 Å². The first-order chi connectivity index (χ1) is 11.0. The Balaban J connectivity index is 1.72. The molecule has 0 spiro atoms. The summed E-state index contributed by atoms with van der Waals surface area (Å²) in [7, 11) is 0. The number of carbonyl (C=O) groups excluding carboxylic acids is 2. The van der Waals surface area contributed by atoms with Gasteiger partial charge in [-0.3, -0.25) is 4.79 Å². The Kier molecular flexibility index (Phi) is 6.02. The Hall–Kier alpha value is -2.04. The van der Waals surface area contributed by atoms with E-state index >= 15 is 0 Å². The van der Waals surface area contributed by atoms with E-state index in [0.717, 1.165) is 19.3 Å². The highest BCUT2D eigenvalue weighted by molar-refractivity contribution is 5.76. The summed E-state index contributed by atoms with van der Waals surface area (Å²) in [6.45, 7) is 5.59. The highest BCUT2D eigenvalue weighted by atomic mass is 16.2. The predicted molar refractivity (Wildman–Crippen MR) is 91.2 cm³/mol. The van der Waals surface area contributed by atoms with Crippen molar-refractivity contribution in [2.24, 2.45) is 5.73 Å². The molecule has 0 aliphatic carbocycles. The van der Waals surface area contributed by atoms with Crippen LogP contribution >= 0.6 is 0 Å². The lowest BCUT2D eigenvalue weighted by molar-refractivity contribution is -0.122. The number of hydrogen-bond acceptors (Lipinski definition) is 2. The van der Waals surface area contributed by atoms with Crippen LogP contribution in [0.25, 0.3) is 0 Å². The minimum Gasteiger partial charge on any atom is -0.353 e. The van der Waals surface area contributed by atoms with Crippen LogP contribution in [-0.2, 0) is 11.2 Å². The molecule has 1 aromatic rings. The number of aryl methyl sites for hydroxylation is 1. The van der Waals surface area contributed by atoms with Crippen LogP contribution in [0.1, 0.15) is 50.2 Å². The van der Waals surface area contributed by atoms with Crippen LogP contribution in [0.4, 0.5) is 4.79 Å². The van der Waals surface area contributed by atoms with Gasteiger partial charge in [0.25, 0.3) is 0 Å². The molecule has 5 nitrogen and oxygen atoms in total. The van der Waals surface area contributed by atoms with Gasteiger partial charge >= 0.3 is 6.03 Å². The molecule has 126 valence electrons. The largest absolute Gasteiger partial charge is 0.353 e. The van der Waals surface area contributed by atoms with Gasteiger partial charge in [-0.05, 0) is 36.3 Å². The molecule has 1 fully saturated rings. The number of primary amides is 1. The number of amides is 3. The number of carbonyl (C=O) groups is 2. The van der Waals surface area contributed by atoms with Crippen LogP contribution in [0.15, 0.2) is 24.3 Å². The molecule has 0 bridgehead atoms. The lowest BCUT2D eigenvalue weighted by Crippen LogP contribution is -2.48. The number of hydrogen-bond donors (Lipinski definition) is 2. The Labute approximate surface area is 138 Å². The second-order valence-electron chi connectivity index (χ2n) is 6.56. The molecule has 1 heterocycles. The number of piperidine rings is 1. The van der Waals surface area contributed by atoms with Gasteiger partial charge in [-0.25, -0.2) is 4.79 Å². The van der Waals surface area contributed by atoms with Gasteiger partial charge in [0.05, 0.1) is 0 Å². The van der Waals surface area contributed by atoms with Crippen LogP contribution in [0, 0.1) is 0 Å². The van der Waals surface area contributed by atoms with Gasteiger partial charge in [0.15, 0.2) is 0 Å². The summed E-state index contributed by atoms with van der Waals surface area (Å²) in [5, 5.41) is 3.06. The monoisotopic (exact) mass is 317 g/mol. The van der Waals surface area contributed by atoms with Crippen molar-refractivity contribution in [2.75, 3.05) is 13.1 Å². The molecule has 23 heavy (non-hydrogen) atoms. The van der Waals surface area contributed by atoms with E-state index in [1.165, 1.54) is 11.1 Å². The Bertz CT molecular complexity index is 532. The van der Waals surface area contributed by atoms with E-state index in [9.17, 15) is 9.59 Å². The maximum atomic E-state index is 12.1. The van der Waals surface area contributed by atoms with E-state index in [1.54, 1.807) is 4.90 Å². The molecule has 1 saturated heterocycles. The van der Waals surface area contributed by atoms with Crippen molar-refractivity contribution in [3.8, 4) is 0 Å². The van der Waals surface area contributed by atoms with Crippen molar-refractivity contribution in [1.29, 1.82) is 0 Å². The summed E-state index contributed by atoms with van der Waals surface area (Å²) in [5.74, 6) is 0.606. The van der Waals surface area contributed by atoms with Crippen LogP contribution in [0.3, 0.4) is 0 Å². The Morgan fingerprint density at radius 2 is 1.83 bits per heavy atom. The maximum Gasteiger partial charge on any atom is 0.314 e. The van der Waals surface area contributed by atoms with Crippen LogP contribution in [0.2, 0.25) is 0 Å². The van der Waals surface area contributed by atoms with E-state index in [0.29, 0.717) is 25.4 Å². The van der Waals surface area contributed by atoms with Gasteiger partial charge in [0.1, 0.15) is 0 Å². The molecule has 3 amide bonds. The molecule has 0 atom stereocenters. The van der Waals surface area contributed by atoms with Crippen molar-refractivity contribution >= 4 is 11.9 Å². The zero-order chi connectivity index (χ0) is 16.8. The molecule has 0 unspecified atom stereocenters. The van der Waals surface area contributed by atoms with Gasteiger partial charge in [-0.2, -0.15) is 0 Å². The van der Waals surface area contributed by atoms with Crippen LogP contribution in [-0.4, -0.2) is 36.0 Å². The number of likely N-dealkylation sites (tertiary alicyclic amines) is 1. The zero-order valence-corrected chi connectivity index (χ0v) is 14.0. The van der Waals surface area contributed by atoms with Crippen molar-refractivity contribution in [3.05, 3.63) is 35.4 Å². The quantitative estimate of drug-likeness (QED) is 0.875. The van der Waals surface area contributed by atoms with Crippen LogP contribution < -0.4 is 11.1 Å². The smallest absolute Gasteiger partial charge is 0.314 e. The molecule has 1 aliphatic rings. The number of benzene rings is 1. The van der Waals surface area contributed by atoms with Crippen molar-refractivity contribution in [2.45, 2.75) is 51.5 Å². The summed E-state index contributed by atoms with van der Waals surface area (Å²) in [6.07, 6.45) is 2.80. The molecule has 3 N–H and O–H groups in total. The standard InChI is InChI=1S/C18H27N3O2/c1-13(2)15-6-3-14(4-7-15)5-8-17(22)20-16-9-11-21(12-10-16)18(19)23/h3-4,6-7,13,16H,5,8-12H2,1-2H3,(H2,19,23)(H,20,22). The summed E-state index contributed by atoms with van der Waals surface area (Å²) in [4.78, 5) is 24.8. The fraction of sp³-hybridized carbons (Fsp3) is 0.556. The zero-order valence-electron chi connectivity index (χ0n) is 14.0. The number of urea groups is 1. The molecular formula is C18H27N3O2. The highest BCUT2D eigenvalue weighted by Gasteiger charge is 2.22. The lowest BCUT2D eigenvalue weighted by atomic mass is 10.00. The number of rotatable bonds is 5. The predicted octanol–water partition coefficient (Wildman–Crippen LogP) is 2.40.